The molecule has 1 aromatic carbocycles. The third kappa shape index (κ3) is 3.49. The maximum absolute atomic E-state index is 11.8. The Morgan fingerprint density at radius 2 is 2.29 bits per heavy atom. The standard InChI is InChI=1S/C16H18N2O3/c19-15(18-10-13-6-3-9-20-13)11-21-14-7-1-4-12-5-2-8-17-16(12)14/h1-2,4-5,7-8,13H,3,6,9-11H2,(H,18,19). The first-order valence-corrected chi connectivity index (χ1v) is 7.18. The number of hydrogen-bond donors (Lipinski definition) is 1. The predicted octanol–water partition coefficient (Wildman–Crippen LogP) is 1.91. The first-order valence-electron chi connectivity index (χ1n) is 7.18. The molecule has 1 aliphatic rings. The first-order chi connectivity index (χ1) is 10.3. The van der Waals surface area contributed by atoms with E-state index in [-0.39, 0.29) is 18.6 Å². The molecule has 1 N–H and O–H groups in total. The van der Waals surface area contributed by atoms with Gasteiger partial charge in [0, 0.05) is 24.7 Å². The van der Waals surface area contributed by atoms with E-state index in [0.717, 1.165) is 30.4 Å². The van der Waals surface area contributed by atoms with Crippen LogP contribution in [0.3, 0.4) is 0 Å². The van der Waals surface area contributed by atoms with Crippen molar-refractivity contribution < 1.29 is 14.3 Å². The molecule has 110 valence electrons. The van der Waals surface area contributed by atoms with E-state index >= 15 is 0 Å². The SMILES string of the molecule is O=C(COc1cccc2cccnc12)NCC1CCCO1. The van der Waals surface area contributed by atoms with Crippen molar-refractivity contribution in [3.8, 4) is 5.75 Å². The lowest BCUT2D eigenvalue weighted by atomic mass is 10.2. The number of pyridine rings is 1. The van der Waals surface area contributed by atoms with E-state index in [2.05, 4.69) is 10.3 Å². The fraction of sp³-hybridized carbons (Fsp3) is 0.375. The van der Waals surface area contributed by atoms with E-state index in [0.29, 0.717) is 12.3 Å². The molecular formula is C16H18N2O3. The van der Waals surface area contributed by atoms with Gasteiger partial charge in [0.15, 0.2) is 6.61 Å². The summed E-state index contributed by atoms with van der Waals surface area (Å²) in [7, 11) is 0. The van der Waals surface area contributed by atoms with Gasteiger partial charge in [-0.05, 0) is 25.0 Å². The lowest BCUT2D eigenvalue weighted by Crippen LogP contribution is -2.35. The summed E-state index contributed by atoms with van der Waals surface area (Å²) in [5.74, 6) is 0.485. The fourth-order valence-electron chi connectivity index (χ4n) is 2.42. The Hall–Kier alpha value is -2.14. The molecule has 1 unspecified atom stereocenters. The molecule has 0 saturated carbocycles. The van der Waals surface area contributed by atoms with Crippen LogP contribution in [0, 0.1) is 0 Å². The number of nitrogens with one attached hydrogen (secondary N) is 1. The maximum Gasteiger partial charge on any atom is 0.258 e. The van der Waals surface area contributed by atoms with Gasteiger partial charge in [0.25, 0.3) is 5.91 Å². The number of nitrogens with zero attached hydrogens (tertiary/aromatic N) is 1. The van der Waals surface area contributed by atoms with Crippen molar-refractivity contribution in [3.63, 3.8) is 0 Å². The van der Waals surface area contributed by atoms with Gasteiger partial charge in [-0.2, -0.15) is 0 Å². The summed E-state index contributed by atoms with van der Waals surface area (Å²) < 4.78 is 11.0. The lowest BCUT2D eigenvalue weighted by molar-refractivity contribution is -0.123. The molecule has 5 heteroatoms. The molecule has 0 aliphatic carbocycles. The minimum atomic E-state index is -0.140. The van der Waals surface area contributed by atoms with Crippen LogP contribution in [0.2, 0.25) is 0 Å². The Labute approximate surface area is 123 Å². The zero-order valence-corrected chi connectivity index (χ0v) is 11.7. The summed E-state index contributed by atoms with van der Waals surface area (Å²) in [6.45, 7) is 1.33. The van der Waals surface area contributed by atoms with Gasteiger partial charge < -0.3 is 14.8 Å². The van der Waals surface area contributed by atoms with Crippen molar-refractivity contribution in [3.05, 3.63) is 36.5 Å². The number of para-hydroxylation sites is 1. The molecule has 1 fully saturated rings. The number of benzene rings is 1. The number of carbonyl (C=O) groups is 1. The molecule has 0 spiro atoms. The smallest absolute Gasteiger partial charge is 0.258 e. The average molecular weight is 286 g/mol. The fourth-order valence-corrected chi connectivity index (χ4v) is 2.42. The topological polar surface area (TPSA) is 60.5 Å². The van der Waals surface area contributed by atoms with Gasteiger partial charge in [0.1, 0.15) is 11.3 Å². The Morgan fingerprint density at radius 1 is 1.38 bits per heavy atom. The van der Waals surface area contributed by atoms with E-state index in [1.807, 2.05) is 30.3 Å². The van der Waals surface area contributed by atoms with Crippen LogP contribution >= 0.6 is 0 Å². The van der Waals surface area contributed by atoms with E-state index in [4.69, 9.17) is 9.47 Å². The second-order valence-corrected chi connectivity index (χ2v) is 5.06. The summed E-state index contributed by atoms with van der Waals surface area (Å²) in [5.41, 5.74) is 0.770. The molecule has 2 heterocycles. The van der Waals surface area contributed by atoms with Crippen LogP contribution in [0.1, 0.15) is 12.8 Å². The van der Waals surface area contributed by atoms with Crippen molar-refractivity contribution in [1.82, 2.24) is 10.3 Å². The van der Waals surface area contributed by atoms with E-state index in [1.165, 1.54) is 0 Å². The second kappa shape index (κ2) is 6.54. The number of fused-ring (bicyclic) bond motifs is 1. The summed E-state index contributed by atoms with van der Waals surface area (Å²) in [4.78, 5) is 16.1. The number of carbonyl (C=O) groups excluding carboxylic acids is 1. The van der Waals surface area contributed by atoms with Crippen LogP contribution in [0.15, 0.2) is 36.5 Å². The molecule has 5 nitrogen and oxygen atoms in total. The third-order valence-electron chi connectivity index (χ3n) is 3.51. The Kier molecular flexibility index (Phi) is 4.31. The number of hydrogen-bond acceptors (Lipinski definition) is 4. The zero-order valence-electron chi connectivity index (χ0n) is 11.7. The predicted molar refractivity (Wildman–Crippen MR) is 79.2 cm³/mol. The summed E-state index contributed by atoms with van der Waals surface area (Å²) >= 11 is 0. The normalized spacial score (nSPS) is 17.8. The van der Waals surface area contributed by atoms with Gasteiger partial charge in [-0.3, -0.25) is 9.78 Å². The van der Waals surface area contributed by atoms with E-state index < -0.39 is 0 Å². The first kappa shape index (κ1) is 13.8. The van der Waals surface area contributed by atoms with Gasteiger partial charge in [-0.25, -0.2) is 0 Å². The molecule has 2 aromatic rings. The minimum absolute atomic E-state index is 0.0115. The highest BCUT2D eigenvalue weighted by molar-refractivity contribution is 5.85. The van der Waals surface area contributed by atoms with Crippen LogP contribution in [-0.4, -0.2) is 36.8 Å². The second-order valence-electron chi connectivity index (χ2n) is 5.06. The quantitative estimate of drug-likeness (QED) is 0.912. The highest BCUT2D eigenvalue weighted by Gasteiger charge is 2.16. The lowest BCUT2D eigenvalue weighted by Gasteiger charge is -2.12. The molecule has 21 heavy (non-hydrogen) atoms. The molecular weight excluding hydrogens is 268 g/mol. The monoisotopic (exact) mass is 286 g/mol. The van der Waals surface area contributed by atoms with E-state index in [1.54, 1.807) is 6.20 Å². The van der Waals surface area contributed by atoms with Gasteiger partial charge in [0.2, 0.25) is 0 Å². The Balaban J connectivity index is 1.54. The van der Waals surface area contributed by atoms with Crippen molar-refractivity contribution >= 4 is 16.8 Å². The van der Waals surface area contributed by atoms with Gasteiger partial charge in [-0.1, -0.05) is 18.2 Å². The van der Waals surface area contributed by atoms with Crippen molar-refractivity contribution in [2.75, 3.05) is 19.8 Å². The molecule has 1 aromatic heterocycles. The van der Waals surface area contributed by atoms with Crippen LogP contribution in [-0.2, 0) is 9.53 Å². The van der Waals surface area contributed by atoms with Gasteiger partial charge in [-0.15, -0.1) is 0 Å². The third-order valence-corrected chi connectivity index (χ3v) is 3.51. The van der Waals surface area contributed by atoms with Crippen molar-refractivity contribution in [2.45, 2.75) is 18.9 Å². The number of ether oxygens (including phenoxy) is 2. The van der Waals surface area contributed by atoms with Gasteiger partial charge >= 0.3 is 0 Å². The van der Waals surface area contributed by atoms with Crippen molar-refractivity contribution in [1.29, 1.82) is 0 Å². The molecule has 0 radical (unpaired) electrons. The molecule has 1 saturated heterocycles. The zero-order chi connectivity index (χ0) is 14.5. The van der Waals surface area contributed by atoms with Crippen molar-refractivity contribution in [2.24, 2.45) is 0 Å². The Morgan fingerprint density at radius 3 is 3.14 bits per heavy atom. The molecule has 3 rings (SSSR count). The van der Waals surface area contributed by atoms with Crippen LogP contribution in [0.4, 0.5) is 0 Å². The summed E-state index contributed by atoms with van der Waals surface area (Å²) in [6, 6.07) is 9.52. The largest absolute Gasteiger partial charge is 0.481 e. The highest BCUT2D eigenvalue weighted by Crippen LogP contribution is 2.22. The summed E-state index contributed by atoms with van der Waals surface area (Å²) in [6.07, 6.45) is 3.94. The number of aromatic nitrogens is 1. The Bertz CT molecular complexity index is 618. The minimum Gasteiger partial charge on any atom is -0.481 e. The van der Waals surface area contributed by atoms with Crippen LogP contribution < -0.4 is 10.1 Å². The molecule has 1 atom stereocenters. The molecule has 1 amide bonds. The molecule has 0 bridgehead atoms. The number of amides is 1. The summed E-state index contributed by atoms with van der Waals surface area (Å²) in [5, 5.41) is 3.83. The average Bonchev–Trinajstić information content (AvgIpc) is 3.04. The maximum atomic E-state index is 11.8. The van der Waals surface area contributed by atoms with E-state index in [9.17, 15) is 4.79 Å². The van der Waals surface area contributed by atoms with Crippen LogP contribution in [0.5, 0.6) is 5.75 Å². The highest BCUT2D eigenvalue weighted by atomic mass is 16.5. The number of rotatable bonds is 5. The molecule has 1 aliphatic heterocycles. The van der Waals surface area contributed by atoms with Crippen LogP contribution in [0.25, 0.3) is 10.9 Å². The van der Waals surface area contributed by atoms with Gasteiger partial charge in [0.05, 0.1) is 6.10 Å².